The van der Waals surface area contributed by atoms with Crippen LogP contribution in [0.1, 0.15) is 24.0 Å². The highest BCUT2D eigenvalue weighted by molar-refractivity contribution is 5.84. The quantitative estimate of drug-likeness (QED) is 0.772. The maximum Gasteiger partial charge on any atom is 0.161 e. The summed E-state index contributed by atoms with van der Waals surface area (Å²) in [4.78, 5) is 0. The predicted molar refractivity (Wildman–Crippen MR) is 101 cm³/mol. The van der Waals surface area contributed by atoms with Crippen LogP contribution >= 0.6 is 0 Å². The molecule has 2 heterocycles. The second-order valence-corrected chi connectivity index (χ2v) is 6.50. The number of hydrogen-bond acceptors (Lipinski definition) is 3. The Morgan fingerprint density at radius 2 is 1.88 bits per heavy atom. The molecule has 4 heteroatoms. The summed E-state index contributed by atoms with van der Waals surface area (Å²) >= 11 is 0. The Labute approximate surface area is 148 Å². The van der Waals surface area contributed by atoms with Gasteiger partial charge in [0.2, 0.25) is 0 Å². The number of rotatable bonds is 5. The van der Waals surface area contributed by atoms with Crippen molar-refractivity contribution in [3.05, 3.63) is 59.8 Å². The molecule has 4 nitrogen and oxygen atoms in total. The van der Waals surface area contributed by atoms with Crippen LogP contribution in [0.15, 0.2) is 48.7 Å². The third-order valence-electron chi connectivity index (χ3n) is 5.00. The molecule has 2 aromatic carbocycles. The molecule has 2 N–H and O–H groups in total. The minimum Gasteiger partial charge on any atom is -0.486 e. The molecule has 130 valence electrons. The Kier molecular flexibility index (Phi) is 4.36. The standard InChI is InChI=1S/C21H24N2O2/c1-2-23-14-17(18-5-3-4-6-19(18)23)11-16(13-22)15-7-8-20-21(12-15)25-10-9-24-20/h3-8,12,14,16H,2,9-11,13,22H2,1H3. The summed E-state index contributed by atoms with van der Waals surface area (Å²) in [7, 11) is 0. The van der Waals surface area contributed by atoms with Gasteiger partial charge in [-0.15, -0.1) is 0 Å². The van der Waals surface area contributed by atoms with Gasteiger partial charge < -0.3 is 19.8 Å². The molecule has 0 amide bonds. The van der Waals surface area contributed by atoms with E-state index in [2.05, 4.69) is 54.1 Å². The zero-order valence-corrected chi connectivity index (χ0v) is 14.6. The Morgan fingerprint density at radius 1 is 1.08 bits per heavy atom. The third kappa shape index (κ3) is 2.98. The number of aryl methyl sites for hydroxylation is 1. The van der Waals surface area contributed by atoms with Gasteiger partial charge in [-0.1, -0.05) is 24.3 Å². The van der Waals surface area contributed by atoms with Crippen LogP contribution < -0.4 is 15.2 Å². The van der Waals surface area contributed by atoms with E-state index in [1.807, 2.05) is 6.07 Å². The fourth-order valence-electron chi connectivity index (χ4n) is 3.66. The summed E-state index contributed by atoms with van der Waals surface area (Å²) in [5.41, 5.74) is 9.98. The van der Waals surface area contributed by atoms with Gasteiger partial charge >= 0.3 is 0 Å². The molecule has 1 aliphatic heterocycles. The van der Waals surface area contributed by atoms with Crippen molar-refractivity contribution < 1.29 is 9.47 Å². The van der Waals surface area contributed by atoms with Gasteiger partial charge in [-0.3, -0.25) is 0 Å². The molecule has 3 aromatic rings. The van der Waals surface area contributed by atoms with Gasteiger partial charge in [-0.05, 0) is 49.2 Å². The average Bonchev–Trinajstić information content (AvgIpc) is 3.03. The lowest BCUT2D eigenvalue weighted by molar-refractivity contribution is 0.171. The molecule has 0 radical (unpaired) electrons. The van der Waals surface area contributed by atoms with Crippen LogP contribution in [0.5, 0.6) is 11.5 Å². The average molecular weight is 336 g/mol. The summed E-state index contributed by atoms with van der Waals surface area (Å²) in [6.07, 6.45) is 3.19. The van der Waals surface area contributed by atoms with E-state index in [1.165, 1.54) is 22.0 Å². The Hall–Kier alpha value is -2.46. The largest absolute Gasteiger partial charge is 0.486 e. The number of nitrogens with zero attached hydrogens (tertiary/aromatic N) is 1. The van der Waals surface area contributed by atoms with Crippen molar-refractivity contribution in [1.82, 2.24) is 4.57 Å². The van der Waals surface area contributed by atoms with Gasteiger partial charge in [0.15, 0.2) is 11.5 Å². The lowest BCUT2D eigenvalue weighted by atomic mass is 9.91. The molecule has 0 saturated heterocycles. The van der Waals surface area contributed by atoms with E-state index in [0.717, 1.165) is 24.5 Å². The highest BCUT2D eigenvalue weighted by atomic mass is 16.6. The van der Waals surface area contributed by atoms with E-state index in [-0.39, 0.29) is 5.92 Å². The zero-order chi connectivity index (χ0) is 17.2. The number of aromatic nitrogens is 1. The molecule has 25 heavy (non-hydrogen) atoms. The van der Waals surface area contributed by atoms with E-state index in [4.69, 9.17) is 15.2 Å². The smallest absolute Gasteiger partial charge is 0.161 e. The van der Waals surface area contributed by atoms with Gasteiger partial charge in [-0.2, -0.15) is 0 Å². The molecule has 0 bridgehead atoms. The Bertz CT molecular complexity index is 885. The highest BCUT2D eigenvalue weighted by Gasteiger charge is 2.18. The summed E-state index contributed by atoms with van der Waals surface area (Å²) in [6, 6.07) is 14.8. The fourth-order valence-corrected chi connectivity index (χ4v) is 3.66. The van der Waals surface area contributed by atoms with Crippen LogP contribution in [0.3, 0.4) is 0 Å². The van der Waals surface area contributed by atoms with Crippen molar-refractivity contribution in [1.29, 1.82) is 0 Å². The number of ether oxygens (including phenoxy) is 2. The number of nitrogens with two attached hydrogens (primary N) is 1. The van der Waals surface area contributed by atoms with Crippen LogP contribution in [0.25, 0.3) is 10.9 Å². The number of para-hydroxylation sites is 1. The molecule has 1 aromatic heterocycles. The highest BCUT2D eigenvalue weighted by Crippen LogP contribution is 2.34. The maximum absolute atomic E-state index is 6.13. The van der Waals surface area contributed by atoms with Crippen LogP contribution in [0, 0.1) is 0 Å². The molecule has 1 atom stereocenters. The molecule has 1 aliphatic rings. The topological polar surface area (TPSA) is 49.4 Å². The molecule has 0 spiro atoms. The monoisotopic (exact) mass is 336 g/mol. The summed E-state index contributed by atoms with van der Waals surface area (Å²) in [5, 5.41) is 1.32. The predicted octanol–water partition coefficient (Wildman–Crippen LogP) is 3.72. The van der Waals surface area contributed by atoms with Gasteiger partial charge in [0.1, 0.15) is 13.2 Å². The minimum absolute atomic E-state index is 0.256. The Balaban J connectivity index is 1.67. The van der Waals surface area contributed by atoms with Crippen molar-refractivity contribution in [2.24, 2.45) is 5.73 Å². The number of fused-ring (bicyclic) bond motifs is 2. The van der Waals surface area contributed by atoms with Crippen LogP contribution in [0.4, 0.5) is 0 Å². The first kappa shape index (κ1) is 16.0. The number of hydrogen-bond donors (Lipinski definition) is 1. The Morgan fingerprint density at radius 3 is 2.68 bits per heavy atom. The van der Waals surface area contributed by atoms with Crippen LogP contribution in [-0.2, 0) is 13.0 Å². The van der Waals surface area contributed by atoms with Crippen molar-refractivity contribution >= 4 is 10.9 Å². The van der Waals surface area contributed by atoms with E-state index in [1.54, 1.807) is 0 Å². The van der Waals surface area contributed by atoms with Gasteiger partial charge in [-0.25, -0.2) is 0 Å². The molecule has 0 aliphatic carbocycles. The second-order valence-electron chi connectivity index (χ2n) is 6.50. The lowest BCUT2D eigenvalue weighted by Gasteiger charge is -2.21. The molecule has 1 unspecified atom stereocenters. The SMILES string of the molecule is CCn1cc(CC(CN)c2ccc3c(c2)OCCO3)c2ccccc21. The van der Waals surface area contributed by atoms with Crippen molar-refractivity contribution in [3.8, 4) is 11.5 Å². The maximum atomic E-state index is 6.13. The van der Waals surface area contributed by atoms with Gasteiger partial charge in [0.25, 0.3) is 0 Å². The van der Waals surface area contributed by atoms with Crippen molar-refractivity contribution in [2.45, 2.75) is 25.8 Å². The summed E-state index contributed by atoms with van der Waals surface area (Å²) < 4.78 is 13.7. The minimum atomic E-state index is 0.256. The van der Waals surface area contributed by atoms with E-state index in [0.29, 0.717) is 19.8 Å². The molecule has 0 saturated carbocycles. The van der Waals surface area contributed by atoms with E-state index < -0.39 is 0 Å². The lowest BCUT2D eigenvalue weighted by Crippen LogP contribution is -2.18. The molecule has 0 fully saturated rings. The summed E-state index contributed by atoms with van der Waals surface area (Å²) in [6.45, 7) is 4.97. The van der Waals surface area contributed by atoms with Gasteiger partial charge in [0, 0.05) is 29.6 Å². The van der Waals surface area contributed by atoms with Crippen LogP contribution in [0.2, 0.25) is 0 Å². The third-order valence-corrected chi connectivity index (χ3v) is 5.00. The normalized spacial score (nSPS) is 14.6. The first-order chi connectivity index (χ1) is 12.3. The number of benzene rings is 2. The summed E-state index contributed by atoms with van der Waals surface area (Å²) in [5.74, 6) is 1.92. The molecular weight excluding hydrogens is 312 g/mol. The van der Waals surface area contributed by atoms with Crippen molar-refractivity contribution in [2.75, 3.05) is 19.8 Å². The van der Waals surface area contributed by atoms with Crippen molar-refractivity contribution in [3.63, 3.8) is 0 Å². The fraction of sp³-hybridized carbons (Fsp3) is 0.333. The zero-order valence-electron chi connectivity index (χ0n) is 14.6. The van der Waals surface area contributed by atoms with E-state index >= 15 is 0 Å². The van der Waals surface area contributed by atoms with E-state index in [9.17, 15) is 0 Å². The second kappa shape index (κ2) is 6.81. The molecular formula is C21H24N2O2. The first-order valence-electron chi connectivity index (χ1n) is 8.96. The first-order valence-corrected chi connectivity index (χ1v) is 8.96. The van der Waals surface area contributed by atoms with Crippen LogP contribution in [-0.4, -0.2) is 24.3 Å². The van der Waals surface area contributed by atoms with Gasteiger partial charge in [0.05, 0.1) is 0 Å². The molecule has 4 rings (SSSR count).